The predicted octanol–water partition coefficient (Wildman–Crippen LogP) is -3.48. The van der Waals surface area contributed by atoms with Gasteiger partial charge in [-0.25, -0.2) is 0 Å². The van der Waals surface area contributed by atoms with Gasteiger partial charge >= 0.3 is 0 Å². The van der Waals surface area contributed by atoms with Crippen molar-refractivity contribution in [3.63, 3.8) is 0 Å². The minimum Gasteiger partial charge on any atom is -0.391 e. The van der Waals surface area contributed by atoms with Crippen LogP contribution in [0, 0.1) is 0 Å². The van der Waals surface area contributed by atoms with Crippen LogP contribution in [-0.2, 0) is 24.0 Å². The number of unbranched alkanes of at least 4 members (excludes halogenated alkanes) is 1. The first-order valence-corrected chi connectivity index (χ1v) is 13.5. The number of fused-ring (bicyclic) bond motifs is 1. The number of carbonyl (C=O) groups is 5. The predicted molar refractivity (Wildman–Crippen MR) is 143 cm³/mol. The van der Waals surface area contributed by atoms with Crippen molar-refractivity contribution in [2.45, 2.75) is 88.6 Å². The van der Waals surface area contributed by atoms with Crippen molar-refractivity contribution in [2.75, 3.05) is 26.2 Å². The second kappa shape index (κ2) is 15.8. The molecule has 5 atom stereocenters. The van der Waals surface area contributed by atoms with Crippen LogP contribution in [0.15, 0.2) is 4.99 Å². The van der Waals surface area contributed by atoms with Crippen LogP contribution in [0.2, 0.25) is 0 Å². The van der Waals surface area contributed by atoms with Gasteiger partial charge in [0.1, 0.15) is 24.2 Å². The smallest absolute Gasteiger partial charge is 0.245 e. The first-order valence-electron chi connectivity index (χ1n) is 13.5. The number of nitrogens with zero attached hydrogens (tertiary/aromatic N) is 2. The number of nitrogens with two attached hydrogens (primary N) is 3. The van der Waals surface area contributed by atoms with Crippen molar-refractivity contribution in [1.29, 1.82) is 0 Å². The monoisotopic (exact) mass is 553 g/mol. The minimum absolute atomic E-state index is 0.0607. The lowest BCUT2D eigenvalue weighted by molar-refractivity contribution is -0.143. The summed E-state index contributed by atoms with van der Waals surface area (Å²) in [5.74, 6) is -2.83. The molecule has 2 aliphatic rings. The van der Waals surface area contributed by atoms with E-state index in [4.69, 9.17) is 17.2 Å². The molecule has 15 nitrogen and oxygen atoms in total. The van der Waals surface area contributed by atoms with E-state index in [1.165, 1.54) is 11.8 Å². The van der Waals surface area contributed by atoms with E-state index in [9.17, 15) is 29.1 Å². The lowest BCUT2D eigenvalue weighted by Gasteiger charge is -2.31. The number of amides is 5. The van der Waals surface area contributed by atoms with Crippen LogP contribution in [0.5, 0.6) is 0 Å². The van der Waals surface area contributed by atoms with Gasteiger partial charge in [-0.15, -0.1) is 0 Å². The summed E-state index contributed by atoms with van der Waals surface area (Å²) in [4.78, 5) is 70.7. The molecule has 0 aromatic rings. The molecule has 0 radical (unpaired) electrons. The number of carbonyl (C=O) groups excluding carboxylic acids is 5. The quantitative estimate of drug-likeness (QED) is 0.0800. The van der Waals surface area contributed by atoms with Crippen LogP contribution in [-0.4, -0.2) is 102 Å². The summed E-state index contributed by atoms with van der Waals surface area (Å²) >= 11 is 0. The molecule has 2 rings (SSSR count). The van der Waals surface area contributed by atoms with Gasteiger partial charge in [-0.05, 0) is 58.4 Å². The van der Waals surface area contributed by atoms with Gasteiger partial charge < -0.3 is 48.5 Å². The van der Waals surface area contributed by atoms with E-state index in [-0.39, 0.29) is 38.3 Å². The summed E-state index contributed by atoms with van der Waals surface area (Å²) in [6, 6.07) is -4.06. The largest absolute Gasteiger partial charge is 0.391 e. The van der Waals surface area contributed by atoms with Gasteiger partial charge in [0, 0.05) is 26.1 Å². The molecule has 0 saturated carbocycles. The van der Waals surface area contributed by atoms with E-state index in [1.54, 1.807) is 0 Å². The molecule has 0 aromatic carbocycles. The summed E-state index contributed by atoms with van der Waals surface area (Å²) in [5, 5.41) is 20.7. The van der Waals surface area contributed by atoms with Crippen molar-refractivity contribution in [3.05, 3.63) is 0 Å². The fourth-order valence-electron chi connectivity index (χ4n) is 4.63. The number of aliphatic hydroxyl groups excluding tert-OH is 1. The number of aliphatic imine (C=N–C) groups is 1. The molecular formula is C24H43N9O6. The van der Waals surface area contributed by atoms with Crippen molar-refractivity contribution in [1.82, 2.24) is 26.2 Å². The van der Waals surface area contributed by atoms with E-state index >= 15 is 0 Å². The number of rotatable bonds is 9. The second-order valence-electron chi connectivity index (χ2n) is 9.87. The molecule has 2 fully saturated rings. The van der Waals surface area contributed by atoms with Crippen LogP contribution in [0.25, 0.3) is 0 Å². The fraction of sp³-hybridized carbons (Fsp3) is 0.750. The maximum Gasteiger partial charge on any atom is 0.245 e. The third-order valence-electron chi connectivity index (χ3n) is 6.71. The maximum absolute atomic E-state index is 13.6. The van der Waals surface area contributed by atoms with E-state index in [0.29, 0.717) is 45.2 Å². The molecule has 5 amide bonds. The van der Waals surface area contributed by atoms with Crippen LogP contribution < -0.4 is 38.5 Å². The highest BCUT2D eigenvalue weighted by Crippen LogP contribution is 2.20. The van der Waals surface area contributed by atoms with Crippen LogP contribution in [0.4, 0.5) is 0 Å². The molecule has 11 N–H and O–H groups in total. The third kappa shape index (κ3) is 9.98. The maximum atomic E-state index is 13.6. The molecule has 0 bridgehead atoms. The van der Waals surface area contributed by atoms with Crippen molar-refractivity contribution in [3.8, 4) is 0 Å². The molecule has 39 heavy (non-hydrogen) atoms. The lowest BCUT2D eigenvalue weighted by atomic mass is 10.0. The number of nitrogens with one attached hydrogen (secondary N) is 4. The zero-order valence-electron chi connectivity index (χ0n) is 22.5. The SMILES string of the molecule is C[C@@H](O)[C@@H]1NC(=O)CCNC(=O)[C@H](CCCN=C(N)N)NC(=O)[C@@H]2CCCN2C(=O)[C@H](CCCCN)NC1=O. The summed E-state index contributed by atoms with van der Waals surface area (Å²) in [5.41, 5.74) is 16.3. The van der Waals surface area contributed by atoms with Gasteiger partial charge in [0.05, 0.1) is 6.10 Å². The topological polar surface area (TPSA) is 247 Å². The minimum atomic E-state index is -1.31. The zero-order valence-corrected chi connectivity index (χ0v) is 22.5. The Labute approximate surface area is 228 Å². The molecule has 15 heteroatoms. The van der Waals surface area contributed by atoms with E-state index in [2.05, 4.69) is 26.3 Å². The normalized spacial score (nSPS) is 26.1. The van der Waals surface area contributed by atoms with E-state index in [1.807, 2.05) is 0 Å². The van der Waals surface area contributed by atoms with Gasteiger partial charge in [0.25, 0.3) is 0 Å². The Morgan fingerprint density at radius 2 is 1.69 bits per heavy atom. The molecule has 2 heterocycles. The Bertz CT molecular complexity index is 909. The molecule has 220 valence electrons. The molecule has 0 aromatic heterocycles. The van der Waals surface area contributed by atoms with Crippen molar-refractivity contribution >= 4 is 35.5 Å². The molecule has 2 aliphatic heterocycles. The first-order chi connectivity index (χ1) is 18.5. The Kier molecular flexibility index (Phi) is 12.9. The summed E-state index contributed by atoms with van der Waals surface area (Å²) in [6.45, 7) is 2.25. The van der Waals surface area contributed by atoms with Gasteiger partial charge in [-0.1, -0.05) is 0 Å². The molecule has 2 saturated heterocycles. The Morgan fingerprint density at radius 3 is 2.36 bits per heavy atom. The second-order valence-corrected chi connectivity index (χ2v) is 9.87. The Morgan fingerprint density at radius 1 is 1.00 bits per heavy atom. The van der Waals surface area contributed by atoms with E-state index < -0.39 is 59.8 Å². The summed E-state index contributed by atoms with van der Waals surface area (Å²) in [7, 11) is 0. The van der Waals surface area contributed by atoms with Gasteiger partial charge in [0.15, 0.2) is 5.96 Å². The number of hydrogen-bond donors (Lipinski definition) is 8. The Balaban J connectivity index is 2.33. The van der Waals surface area contributed by atoms with E-state index in [0.717, 1.165) is 0 Å². The standard InChI is InChI=1S/C24H43N9O6/c1-14(34)19-22(38)31-16(6-2-3-10-25)23(39)33-13-5-8-17(33)21(37)30-15(7-4-11-29-24(26)27)20(36)28-12-9-18(35)32-19/h14-17,19,34H,2-13,25H2,1H3,(H,28,36)(H,30,37)(H,31,38)(H,32,35)(H4,26,27,29)/t14-,15+,16+,17+,19+/m1/s1. The number of hydrogen-bond acceptors (Lipinski definition) is 8. The third-order valence-corrected chi connectivity index (χ3v) is 6.71. The Hall–Kier alpha value is -3.46. The summed E-state index contributed by atoms with van der Waals surface area (Å²) in [6.07, 6.45) is 1.60. The highest BCUT2D eigenvalue weighted by Gasteiger charge is 2.39. The van der Waals surface area contributed by atoms with Crippen molar-refractivity contribution < 1.29 is 29.1 Å². The lowest BCUT2D eigenvalue weighted by Crippen LogP contribution is -2.60. The highest BCUT2D eigenvalue weighted by molar-refractivity contribution is 5.96. The van der Waals surface area contributed by atoms with Gasteiger partial charge in [-0.3, -0.25) is 29.0 Å². The number of aliphatic hydroxyl groups is 1. The zero-order chi connectivity index (χ0) is 28.9. The van der Waals surface area contributed by atoms with Gasteiger partial charge in [0.2, 0.25) is 29.5 Å². The average Bonchev–Trinajstić information content (AvgIpc) is 3.37. The molecular weight excluding hydrogens is 510 g/mol. The van der Waals surface area contributed by atoms with Crippen LogP contribution >= 0.6 is 0 Å². The van der Waals surface area contributed by atoms with Crippen molar-refractivity contribution in [2.24, 2.45) is 22.2 Å². The highest BCUT2D eigenvalue weighted by atomic mass is 16.3. The fourth-order valence-corrected chi connectivity index (χ4v) is 4.63. The average molecular weight is 554 g/mol. The first kappa shape index (κ1) is 31.8. The van der Waals surface area contributed by atoms with Crippen LogP contribution in [0.1, 0.15) is 58.3 Å². The number of guanidine groups is 1. The van der Waals surface area contributed by atoms with Gasteiger partial charge in [-0.2, -0.15) is 0 Å². The molecule has 0 unspecified atom stereocenters. The molecule has 0 spiro atoms. The molecule has 0 aliphatic carbocycles. The van der Waals surface area contributed by atoms with Crippen LogP contribution in [0.3, 0.4) is 0 Å². The summed E-state index contributed by atoms with van der Waals surface area (Å²) < 4.78 is 0.